The van der Waals surface area contributed by atoms with Crippen LogP contribution < -0.4 is 11.1 Å². The van der Waals surface area contributed by atoms with E-state index < -0.39 is 0 Å². The molecule has 0 bridgehead atoms. The number of amides is 1. The van der Waals surface area contributed by atoms with Crippen LogP contribution in [0.2, 0.25) is 0 Å². The number of nitrogens with two attached hydrogens (primary N) is 1. The van der Waals surface area contributed by atoms with Crippen LogP contribution in [-0.2, 0) is 11.3 Å². The molecule has 0 saturated carbocycles. The van der Waals surface area contributed by atoms with E-state index in [0.29, 0.717) is 12.4 Å². The van der Waals surface area contributed by atoms with Crippen molar-refractivity contribution in [3.63, 3.8) is 0 Å². The lowest BCUT2D eigenvalue weighted by Gasteiger charge is -2.06. The van der Waals surface area contributed by atoms with Gasteiger partial charge in [0, 0.05) is 18.9 Å². The monoisotopic (exact) mass is 215 g/mol. The summed E-state index contributed by atoms with van der Waals surface area (Å²) in [5, 5.41) is 3.79. The molecule has 0 spiro atoms. The van der Waals surface area contributed by atoms with Crippen molar-refractivity contribution in [1.29, 1.82) is 0 Å². The summed E-state index contributed by atoms with van der Waals surface area (Å²) in [6.07, 6.45) is 0. The number of nitrogens with zero attached hydrogens (tertiary/aromatic N) is 1. The van der Waals surface area contributed by atoms with Crippen molar-refractivity contribution in [3.8, 4) is 0 Å². The molecule has 4 heteroatoms. The molecule has 4 nitrogen and oxygen atoms in total. The van der Waals surface area contributed by atoms with E-state index in [1.54, 1.807) is 6.07 Å². The number of aromatic nitrogens is 1. The maximum absolute atomic E-state index is 10.9. The summed E-state index contributed by atoms with van der Waals surface area (Å²) in [4.78, 5) is 15.1. The first-order chi connectivity index (χ1) is 7.66. The fourth-order valence-electron chi connectivity index (χ4n) is 1.61. The second-order valence-electron chi connectivity index (χ2n) is 3.63. The second kappa shape index (κ2) is 4.18. The zero-order valence-corrected chi connectivity index (χ0v) is 9.03. The van der Waals surface area contributed by atoms with Gasteiger partial charge in [-0.3, -0.25) is 4.79 Å². The number of nitrogen functional groups attached to an aromatic ring is 1. The lowest BCUT2D eigenvalue weighted by Crippen LogP contribution is -2.19. The molecular weight excluding hydrogens is 202 g/mol. The van der Waals surface area contributed by atoms with Crippen LogP contribution in [0.15, 0.2) is 30.3 Å². The summed E-state index contributed by atoms with van der Waals surface area (Å²) < 4.78 is 0. The molecule has 1 aromatic heterocycles. The normalized spacial score (nSPS) is 10.3. The van der Waals surface area contributed by atoms with E-state index >= 15 is 0 Å². The molecule has 0 fully saturated rings. The molecular formula is C12H13N3O. The molecule has 0 aliphatic rings. The molecule has 0 saturated heterocycles. The zero-order chi connectivity index (χ0) is 11.5. The van der Waals surface area contributed by atoms with E-state index in [-0.39, 0.29) is 5.91 Å². The molecule has 0 atom stereocenters. The van der Waals surface area contributed by atoms with E-state index in [1.807, 2.05) is 24.3 Å². The highest BCUT2D eigenvalue weighted by atomic mass is 16.1. The summed E-state index contributed by atoms with van der Waals surface area (Å²) in [6, 6.07) is 9.47. The maximum atomic E-state index is 10.9. The predicted molar refractivity (Wildman–Crippen MR) is 63.7 cm³/mol. The molecule has 0 radical (unpaired) electrons. The molecule has 82 valence electrons. The van der Waals surface area contributed by atoms with Crippen molar-refractivity contribution in [3.05, 3.63) is 35.9 Å². The van der Waals surface area contributed by atoms with E-state index in [4.69, 9.17) is 5.73 Å². The smallest absolute Gasteiger partial charge is 0.217 e. The number of hydrogen-bond acceptors (Lipinski definition) is 3. The van der Waals surface area contributed by atoms with Gasteiger partial charge in [-0.1, -0.05) is 12.1 Å². The van der Waals surface area contributed by atoms with Crippen LogP contribution in [-0.4, -0.2) is 10.9 Å². The van der Waals surface area contributed by atoms with E-state index in [0.717, 1.165) is 16.5 Å². The summed E-state index contributed by atoms with van der Waals surface area (Å²) >= 11 is 0. The molecule has 0 aliphatic heterocycles. The van der Waals surface area contributed by atoms with Crippen LogP contribution in [0, 0.1) is 0 Å². The van der Waals surface area contributed by atoms with Crippen molar-refractivity contribution < 1.29 is 4.79 Å². The lowest BCUT2D eigenvalue weighted by atomic mass is 10.1. The Hall–Kier alpha value is -2.10. The quantitative estimate of drug-likeness (QED) is 0.796. The number of nitrogens with one attached hydrogen (secondary N) is 1. The van der Waals surface area contributed by atoms with Gasteiger partial charge in [0.05, 0.1) is 5.52 Å². The van der Waals surface area contributed by atoms with E-state index in [1.165, 1.54) is 6.92 Å². The zero-order valence-electron chi connectivity index (χ0n) is 9.03. The standard InChI is InChI=1S/C12H13N3O/c1-8(16)14-7-9-3-2-4-11-10(9)5-6-12(13)15-11/h2-6H,7H2,1H3,(H2,13,15)(H,14,16). The Labute approximate surface area is 93.5 Å². The van der Waals surface area contributed by atoms with Gasteiger partial charge in [0.2, 0.25) is 5.91 Å². The molecule has 0 aliphatic carbocycles. The molecule has 16 heavy (non-hydrogen) atoms. The van der Waals surface area contributed by atoms with Crippen molar-refractivity contribution in [1.82, 2.24) is 10.3 Å². The Morgan fingerprint density at radius 1 is 1.38 bits per heavy atom. The molecule has 2 rings (SSSR count). The highest BCUT2D eigenvalue weighted by molar-refractivity contribution is 5.84. The first-order valence-electron chi connectivity index (χ1n) is 5.05. The largest absolute Gasteiger partial charge is 0.384 e. The average molecular weight is 215 g/mol. The van der Waals surface area contributed by atoms with Crippen LogP contribution in [0.1, 0.15) is 12.5 Å². The molecule has 1 heterocycles. The highest BCUT2D eigenvalue weighted by Gasteiger charge is 2.02. The van der Waals surface area contributed by atoms with Crippen LogP contribution >= 0.6 is 0 Å². The summed E-state index contributed by atoms with van der Waals surface area (Å²) in [7, 11) is 0. The maximum Gasteiger partial charge on any atom is 0.217 e. The Morgan fingerprint density at radius 2 is 2.19 bits per heavy atom. The van der Waals surface area contributed by atoms with E-state index in [9.17, 15) is 4.79 Å². The average Bonchev–Trinajstić information content (AvgIpc) is 2.25. The molecule has 0 unspecified atom stereocenters. The van der Waals surface area contributed by atoms with Gasteiger partial charge >= 0.3 is 0 Å². The summed E-state index contributed by atoms with van der Waals surface area (Å²) in [6.45, 7) is 2.01. The Kier molecular flexibility index (Phi) is 2.72. The third-order valence-corrected chi connectivity index (χ3v) is 2.37. The lowest BCUT2D eigenvalue weighted by molar-refractivity contribution is -0.119. The van der Waals surface area contributed by atoms with Crippen LogP contribution in [0.25, 0.3) is 10.9 Å². The van der Waals surface area contributed by atoms with Crippen molar-refractivity contribution >= 4 is 22.6 Å². The fraction of sp³-hybridized carbons (Fsp3) is 0.167. The molecule has 1 aromatic carbocycles. The highest BCUT2D eigenvalue weighted by Crippen LogP contribution is 2.18. The van der Waals surface area contributed by atoms with Crippen molar-refractivity contribution in [2.24, 2.45) is 0 Å². The van der Waals surface area contributed by atoms with Crippen LogP contribution in [0.5, 0.6) is 0 Å². The molecule has 1 amide bonds. The van der Waals surface area contributed by atoms with Gasteiger partial charge in [-0.2, -0.15) is 0 Å². The number of carbonyl (C=O) groups is 1. The summed E-state index contributed by atoms with van der Waals surface area (Å²) in [5.41, 5.74) is 7.51. The third kappa shape index (κ3) is 2.11. The Balaban J connectivity index is 2.41. The number of carbonyl (C=O) groups excluding carboxylic acids is 1. The van der Waals surface area contributed by atoms with Gasteiger partial charge in [0.25, 0.3) is 0 Å². The summed E-state index contributed by atoms with van der Waals surface area (Å²) in [5.74, 6) is 0.463. The number of anilines is 1. The van der Waals surface area contributed by atoms with Gasteiger partial charge in [-0.05, 0) is 23.8 Å². The van der Waals surface area contributed by atoms with Crippen molar-refractivity contribution in [2.75, 3.05) is 5.73 Å². The third-order valence-electron chi connectivity index (χ3n) is 2.37. The Morgan fingerprint density at radius 3 is 2.94 bits per heavy atom. The molecule has 3 N–H and O–H groups in total. The topological polar surface area (TPSA) is 68.0 Å². The first-order valence-corrected chi connectivity index (χ1v) is 5.05. The first kappa shape index (κ1) is 10.4. The van der Waals surface area contributed by atoms with Gasteiger partial charge in [0.1, 0.15) is 5.82 Å². The Bertz CT molecular complexity index is 537. The van der Waals surface area contributed by atoms with Crippen molar-refractivity contribution in [2.45, 2.75) is 13.5 Å². The number of fused-ring (bicyclic) bond motifs is 1. The van der Waals surface area contributed by atoms with Gasteiger partial charge in [-0.15, -0.1) is 0 Å². The minimum atomic E-state index is -0.0413. The number of benzene rings is 1. The van der Waals surface area contributed by atoms with Crippen LogP contribution in [0.4, 0.5) is 5.82 Å². The van der Waals surface area contributed by atoms with Gasteiger partial charge in [-0.25, -0.2) is 4.98 Å². The number of hydrogen-bond donors (Lipinski definition) is 2. The minimum Gasteiger partial charge on any atom is -0.384 e. The SMILES string of the molecule is CC(=O)NCc1cccc2nc(N)ccc12. The van der Waals surface area contributed by atoms with Gasteiger partial charge < -0.3 is 11.1 Å². The second-order valence-corrected chi connectivity index (χ2v) is 3.63. The fourth-order valence-corrected chi connectivity index (χ4v) is 1.61. The number of pyridine rings is 1. The van der Waals surface area contributed by atoms with Crippen LogP contribution in [0.3, 0.4) is 0 Å². The minimum absolute atomic E-state index is 0.0413. The van der Waals surface area contributed by atoms with E-state index in [2.05, 4.69) is 10.3 Å². The van der Waals surface area contributed by atoms with Gasteiger partial charge in [0.15, 0.2) is 0 Å². The number of rotatable bonds is 2. The predicted octanol–water partition coefficient (Wildman–Crippen LogP) is 1.45. The molecule has 2 aromatic rings.